The van der Waals surface area contributed by atoms with Gasteiger partial charge in [-0.3, -0.25) is 9.69 Å². The lowest BCUT2D eigenvalue weighted by Gasteiger charge is -2.32. The van der Waals surface area contributed by atoms with Crippen molar-refractivity contribution < 1.29 is 13.9 Å². The van der Waals surface area contributed by atoms with Gasteiger partial charge in [-0.15, -0.1) is 0 Å². The molecule has 5 nitrogen and oxygen atoms in total. The standard InChI is InChI=1S/C30H36FN3O2/c1-33-12-14-34(15-13-33)19-24-16-22(21-2-6-26(31)7-3-21)4-9-28(24)36-20-29(35)32-18-23-17-25-5-8-27(23)30(25)10-11-30/h2-9,16,23,25,27H,10-15,17-20H2,1H3,(H,32,35). The van der Waals surface area contributed by atoms with E-state index in [4.69, 9.17) is 4.74 Å². The Balaban J connectivity index is 1.10. The van der Waals surface area contributed by atoms with E-state index in [2.05, 4.69) is 40.4 Å². The van der Waals surface area contributed by atoms with Gasteiger partial charge in [0.2, 0.25) is 0 Å². The Morgan fingerprint density at radius 3 is 2.53 bits per heavy atom. The highest BCUT2D eigenvalue weighted by molar-refractivity contribution is 5.77. The number of benzene rings is 2. The van der Waals surface area contributed by atoms with E-state index in [9.17, 15) is 9.18 Å². The van der Waals surface area contributed by atoms with Crippen molar-refractivity contribution in [1.29, 1.82) is 0 Å². The molecule has 0 aromatic heterocycles. The highest BCUT2D eigenvalue weighted by Gasteiger charge is 2.62. The van der Waals surface area contributed by atoms with Crippen LogP contribution in [0.3, 0.4) is 0 Å². The van der Waals surface area contributed by atoms with E-state index < -0.39 is 0 Å². The van der Waals surface area contributed by atoms with E-state index >= 15 is 0 Å². The minimum absolute atomic E-state index is 0.0213. The van der Waals surface area contributed by atoms with Crippen molar-refractivity contribution in [2.45, 2.75) is 25.8 Å². The summed E-state index contributed by atoms with van der Waals surface area (Å²) < 4.78 is 19.5. The molecule has 6 heteroatoms. The van der Waals surface area contributed by atoms with E-state index in [0.717, 1.165) is 67.6 Å². The molecule has 1 saturated heterocycles. The average molecular weight is 490 g/mol. The molecule has 1 N–H and O–H groups in total. The molecule has 1 amide bonds. The van der Waals surface area contributed by atoms with Gasteiger partial charge in [-0.25, -0.2) is 4.39 Å². The Labute approximate surface area is 213 Å². The number of allylic oxidation sites excluding steroid dienone is 2. The predicted octanol–water partition coefficient (Wildman–Crippen LogP) is 4.34. The van der Waals surface area contributed by atoms with Crippen molar-refractivity contribution >= 4 is 5.91 Å². The molecule has 3 unspecified atom stereocenters. The molecule has 36 heavy (non-hydrogen) atoms. The molecular weight excluding hydrogens is 453 g/mol. The summed E-state index contributed by atoms with van der Waals surface area (Å²) in [6.07, 6.45) is 8.74. The number of nitrogens with zero attached hydrogens (tertiary/aromatic N) is 2. The van der Waals surface area contributed by atoms with Crippen LogP contribution in [-0.2, 0) is 11.3 Å². The summed E-state index contributed by atoms with van der Waals surface area (Å²) in [4.78, 5) is 17.5. The molecule has 2 aromatic rings. The molecule has 4 aliphatic rings. The van der Waals surface area contributed by atoms with Gasteiger partial charge >= 0.3 is 0 Å². The second kappa shape index (κ2) is 9.64. The number of ether oxygens (including phenoxy) is 1. The number of carbonyl (C=O) groups excluding carboxylic acids is 1. The van der Waals surface area contributed by atoms with Gasteiger partial charge in [-0.2, -0.15) is 0 Å². The van der Waals surface area contributed by atoms with Gasteiger partial charge in [0.1, 0.15) is 11.6 Å². The van der Waals surface area contributed by atoms with Crippen LogP contribution in [0.4, 0.5) is 4.39 Å². The van der Waals surface area contributed by atoms with E-state index in [0.29, 0.717) is 17.3 Å². The molecular formula is C30H36FN3O2. The molecule has 3 fully saturated rings. The summed E-state index contributed by atoms with van der Waals surface area (Å²) >= 11 is 0. The lowest BCUT2D eigenvalue weighted by molar-refractivity contribution is -0.123. The Morgan fingerprint density at radius 2 is 1.81 bits per heavy atom. The lowest BCUT2D eigenvalue weighted by atomic mass is 9.89. The maximum absolute atomic E-state index is 13.4. The second-order valence-corrected chi connectivity index (χ2v) is 11.2. The number of nitrogens with one attached hydrogen (secondary N) is 1. The zero-order chi connectivity index (χ0) is 24.7. The molecule has 190 valence electrons. The first kappa shape index (κ1) is 23.7. The number of halogens is 1. The number of likely N-dealkylation sites (N-methyl/N-ethyl adjacent to an activating group) is 1. The summed E-state index contributed by atoms with van der Waals surface area (Å²) in [5, 5.41) is 3.14. The number of amides is 1. The number of hydrogen-bond acceptors (Lipinski definition) is 4. The van der Waals surface area contributed by atoms with Crippen molar-refractivity contribution in [2.75, 3.05) is 46.4 Å². The van der Waals surface area contributed by atoms with E-state index in [-0.39, 0.29) is 18.3 Å². The molecule has 0 radical (unpaired) electrons. The van der Waals surface area contributed by atoms with E-state index in [1.807, 2.05) is 12.1 Å². The Hall–Kier alpha value is -2.70. The molecule has 1 aliphatic heterocycles. The van der Waals surface area contributed by atoms with Crippen LogP contribution < -0.4 is 10.1 Å². The van der Waals surface area contributed by atoms with Crippen molar-refractivity contribution in [3.05, 3.63) is 66.0 Å². The minimum Gasteiger partial charge on any atom is -0.483 e. The Morgan fingerprint density at radius 1 is 1.06 bits per heavy atom. The summed E-state index contributed by atoms with van der Waals surface area (Å²) in [6.45, 7) is 5.60. The fraction of sp³-hybridized carbons (Fsp3) is 0.500. The van der Waals surface area contributed by atoms with Crippen LogP contribution in [0.15, 0.2) is 54.6 Å². The Kier molecular flexibility index (Phi) is 6.34. The van der Waals surface area contributed by atoms with Crippen molar-refractivity contribution in [2.24, 2.45) is 23.2 Å². The quantitative estimate of drug-likeness (QED) is 0.561. The van der Waals surface area contributed by atoms with Gasteiger partial charge in [0.05, 0.1) is 0 Å². The van der Waals surface area contributed by atoms with Gasteiger partial charge in [0.25, 0.3) is 5.91 Å². The minimum atomic E-state index is -0.240. The first-order valence-corrected chi connectivity index (χ1v) is 13.4. The molecule has 1 heterocycles. The van der Waals surface area contributed by atoms with E-state index in [1.54, 1.807) is 12.1 Å². The molecule has 6 rings (SSSR count). The van der Waals surface area contributed by atoms with Crippen LogP contribution in [0.5, 0.6) is 5.75 Å². The smallest absolute Gasteiger partial charge is 0.257 e. The van der Waals surface area contributed by atoms with Gasteiger partial charge < -0.3 is 15.0 Å². The van der Waals surface area contributed by atoms with Crippen LogP contribution in [0, 0.1) is 29.0 Å². The fourth-order valence-electron chi connectivity index (χ4n) is 6.71. The topological polar surface area (TPSA) is 44.8 Å². The van der Waals surface area contributed by atoms with Gasteiger partial charge in [-0.05, 0) is 84.9 Å². The average Bonchev–Trinajstić information content (AvgIpc) is 3.56. The first-order valence-electron chi connectivity index (χ1n) is 13.4. The largest absolute Gasteiger partial charge is 0.483 e. The molecule has 1 spiro atoms. The highest BCUT2D eigenvalue weighted by Crippen LogP contribution is 2.69. The first-order chi connectivity index (χ1) is 17.5. The third-order valence-electron chi connectivity index (χ3n) is 8.99. The second-order valence-electron chi connectivity index (χ2n) is 11.2. The maximum atomic E-state index is 13.4. The number of piperazine rings is 1. The summed E-state index contributed by atoms with van der Waals surface area (Å²) in [7, 11) is 2.15. The van der Waals surface area contributed by atoms with Gasteiger partial charge in [0.15, 0.2) is 6.61 Å². The third kappa shape index (κ3) is 4.69. The van der Waals surface area contributed by atoms with Crippen molar-refractivity contribution in [3.63, 3.8) is 0 Å². The SMILES string of the molecule is CN1CCN(Cc2cc(-c3ccc(F)cc3)ccc2OCC(=O)NCC2CC3C=CC2C32CC2)CC1. The number of hydrogen-bond donors (Lipinski definition) is 1. The summed E-state index contributed by atoms with van der Waals surface area (Å²) in [5.74, 6) is 2.40. The van der Waals surface area contributed by atoms with Crippen LogP contribution in [0.1, 0.15) is 24.8 Å². The molecule has 3 aliphatic carbocycles. The van der Waals surface area contributed by atoms with Crippen molar-refractivity contribution in [1.82, 2.24) is 15.1 Å². The number of rotatable bonds is 8. The zero-order valence-corrected chi connectivity index (χ0v) is 21.1. The number of carbonyl (C=O) groups is 1. The fourth-order valence-corrected chi connectivity index (χ4v) is 6.71. The van der Waals surface area contributed by atoms with Crippen LogP contribution in [0.25, 0.3) is 11.1 Å². The van der Waals surface area contributed by atoms with Gasteiger partial charge in [0, 0.05) is 44.8 Å². The summed E-state index contributed by atoms with van der Waals surface area (Å²) in [5.41, 5.74) is 3.60. The molecule has 3 atom stereocenters. The maximum Gasteiger partial charge on any atom is 0.257 e. The monoisotopic (exact) mass is 489 g/mol. The molecule has 2 saturated carbocycles. The normalized spacial score (nSPS) is 26.4. The van der Waals surface area contributed by atoms with Crippen LogP contribution in [-0.4, -0.2) is 62.1 Å². The zero-order valence-electron chi connectivity index (χ0n) is 21.1. The molecule has 2 bridgehead atoms. The van der Waals surface area contributed by atoms with Gasteiger partial charge in [-0.1, -0.05) is 30.4 Å². The third-order valence-corrected chi connectivity index (χ3v) is 8.99. The van der Waals surface area contributed by atoms with E-state index in [1.165, 1.54) is 31.4 Å². The molecule has 2 aromatic carbocycles. The van der Waals surface area contributed by atoms with Crippen molar-refractivity contribution in [3.8, 4) is 16.9 Å². The van der Waals surface area contributed by atoms with Crippen LogP contribution in [0.2, 0.25) is 0 Å². The predicted molar refractivity (Wildman–Crippen MR) is 139 cm³/mol. The van der Waals surface area contributed by atoms with Crippen LogP contribution >= 0.6 is 0 Å². The summed E-state index contributed by atoms with van der Waals surface area (Å²) in [6, 6.07) is 12.6. The highest BCUT2D eigenvalue weighted by atomic mass is 19.1. The Bertz CT molecular complexity index is 1140. The lowest BCUT2D eigenvalue weighted by Crippen LogP contribution is -2.43.